The zero-order chi connectivity index (χ0) is 15.5. The fraction of sp³-hybridized carbons (Fsp3) is 0.0667. The molecule has 0 spiro atoms. The highest BCUT2D eigenvalue weighted by atomic mass is 16.7. The van der Waals surface area contributed by atoms with E-state index < -0.39 is 11.9 Å². The number of furan rings is 1. The molecule has 3 rings (SSSR count). The van der Waals surface area contributed by atoms with Gasteiger partial charge in [0, 0.05) is 0 Å². The molecule has 1 aromatic carbocycles. The number of carbonyl (C=O) groups excluding carboxylic acids is 1. The van der Waals surface area contributed by atoms with Gasteiger partial charge in [-0.15, -0.1) is 0 Å². The van der Waals surface area contributed by atoms with Crippen molar-refractivity contribution in [1.82, 2.24) is 5.32 Å². The molecule has 0 bridgehead atoms. The number of carboxylic acids is 1. The van der Waals surface area contributed by atoms with Gasteiger partial charge < -0.3 is 24.3 Å². The van der Waals surface area contributed by atoms with Gasteiger partial charge in [0.05, 0.1) is 6.26 Å². The van der Waals surface area contributed by atoms with Crippen molar-refractivity contribution in [1.29, 1.82) is 0 Å². The summed E-state index contributed by atoms with van der Waals surface area (Å²) >= 11 is 0. The maximum absolute atomic E-state index is 11.8. The Morgan fingerprint density at radius 3 is 2.73 bits per heavy atom. The Balaban J connectivity index is 1.84. The molecule has 1 aliphatic rings. The number of nitrogens with one attached hydrogen (secondary N) is 1. The van der Waals surface area contributed by atoms with E-state index in [9.17, 15) is 14.7 Å². The van der Waals surface area contributed by atoms with E-state index in [1.54, 1.807) is 18.2 Å². The number of benzene rings is 1. The summed E-state index contributed by atoms with van der Waals surface area (Å²) in [4.78, 5) is 23.1. The van der Waals surface area contributed by atoms with Gasteiger partial charge in [0.25, 0.3) is 5.91 Å². The number of hydrogen-bond acceptors (Lipinski definition) is 5. The number of hydrogen-bond donors (Lipinski definition) is 2. The normalized spacial score (nSPS) is 13.0. The van der Waals surface area contributed by atoms with Crippen molar-refractivity contribution in [3.8, 4) is 11.5 Å². The second-order valence-corrected chi connectivity index (χ2v) is 4.41. The topological polar surface area (TPSA) is 98.0 Å². The Morgan fingerprint density at radius 1 is 1.18 bits per heavy atom. The smallest absolute Gasteiger partial charge is 0.352 e. The van der Waals surface area contributed by atoms with Gasteiger partial charge in [-0.05, 0) is 35.9 Å². The van der Waals surface area contributed by atoms with Crippen molar-refractivity contribution < 1.29 is 28.6 Å². The Morgan fingerprint density at radius 2 is 2.00 bits per heavy atom. The second-order valence-electron chi connectivity index (χ2n) is 4.41. The van der Waals surface area contributed by atoms with Crippen molar-refractivity contribution >= 4 is 18.0 Å². The third-order valence-electron chi connectivity index (χ3n) is 2.93. The van der Waals surface area contributed by atoms with Crippen molar-refractivity contribution in [3.63, 3.8) is 0 Å². The van der Waals surface area contributed by atoms with Gasteiger partial charge in [0.1, 0.15) is 5.70 Å². The maximum atomic E-state index is 11.8. The first-order valence-electron chi connectivity index (χ1n) is 6.33. The number of fused-ring (bicyclic) bond motifs is 1. The van der Waals surface area contributed by atoms with Crippen LogP contribution in [0, 0.1) is 0 Å². The molecular formula is C15H11NO6. The van der Waals surface area contributed by atoms with E-state index >= 15 is 0 Å². The summed E-state index contributed by atoms with van der Waals surface area (Å²) in [5.74, 6) is -0.765. The Labute approximate surface area is 124 Å². The van der Waals surface area contributed by atoms with Crippen LogP contribution in [0.2, 0.25) is 0 Å². The van der Waals surface area contributed by atoms with Crippen molar-refractivity contribution in [2.24, 2.45) is 0 Å². The van der Waals surface area contributed by atoms with Gasteiger partial charge in [-0.25, -0.2) is 4.79 Å². The van der Waals surface area contributed by atoms with E-state index in [1.807, 2.05) is 0 Å². The highest BCUT2D eigenvalue weighted by molar-refractivity contribution is 6.01. The zero-order valence-corrected chi connectivity index (χ0v) is 11.2. The van der Waals surface area contributed by atoms with Crippen LogP contribution in [0.3, 0.4) is 0 Å². The summed E-state index contributed by atoms with van der Waals surface area (Å²) in [6, 6.07) is 7.94. The van der Waals surface area contributed by atoms with Crippen LogP contribution < -0.4 is 14.8 Å². The SMILES string of the molecule is O=C(O)C(=Cc1ccc2c(c1)OCO2)NC(=O)c1ccco1. The lowest BCUT2D eigenvalue weighted by Gasteiger charge is -2.05. The minimum Gasteiger partial charge on any atom is -0.477 e. The molecule has 2 heterocycles. The van der Waals surface area contributed by atoms with Gasteiger partial charge >= 0.3 is 5.97 Å². The molecule has 22 heavy (non-hydrogen) atoms. The molecule has 0 saturated heterocycles. The highest BCUT2D eigenvalue weighted by Crippen LogP contribution is 2.33. The lowest BCUT2D eigenvalue weighted by atomic mass is 10.1. The standard InChI is InChI=1S/C15H11NO6/c17-14(12-2-1-5-20-12)16-10(15(18)19)6-9-3-4-11-13(7-9)22-8-21-11/h1-7H,8H2,(H,16,17)(H,18,19). The first-order valence-corrected chi connectivity index (χ1v) is 6.33. The van der Waals surface area contributed by atoms with Crippen LogP contribution in [0.5, 0.6) is 11.5 Å². The Kier molecular flexibility index (Phi) is 3.53. The van der Waals surface area contributed by atoms with E-state index in [0.29, 0.717) is 17.1 Å². The van der Waals surface area contributed by atoms with Gasteiger partial charge in [-0.1, -0.05) is 6.07 Å². The predicted molar refractivity (Wildman–Crippen MR) is 74.4 cm³/mol. The minimum absolute atomic E-state index is 0.0258. The zero-order valence-electron chi connectivity index (χ0n) is 11.2. The van der Waals surface area contributed by atoms with Crippen LogP contribution in [-0.4, -0.2) is 23.8 Å². The molecule has 1 aromatic heterocycles. The number of carboxylic acid groups (broad SMARTS) is 1. The second kappa shape index (κ2) is 5.65. The third kappa shape index (κ3) is 2.78. The highest BCUT2D eigenvalue weighted by Gasteiger charge is 2.17. The molecule has 0 saturated carbocycles. The summed E-state index contributed by atoms with van der Waals surface area (Å²) in [5, 5.41) is 11.5. The summed E-state index contributed by atoms with van der Waals surface area (Å²) in [7, 11) is 0. The van der Waals surface area contributed by atoms with Crippen LogP contribution in [0.4, 0.5) is 0 Å². The number of carbonyl (C=O) groups is 2. The largest absolute Gasteiger partial charge is 0.477 e. The molecule has 1 aliphatic heterocycles. The van der Waals surface area contributed by atoms with Crippen LogP contribution in [0.15, 0.2) is 46.7 Å². The van der Waals surface area contributed by atoms with E-state index in [1.165, 1.54) is 24.5 Å². The lowest BCUT2D eigenvalue weighted by Crippen LogP contribution is -2.26. The van der Waals surface area contributed by atoms with E-state index in [2.05, 4.69) is 5.32 Å². The molecule has 0 unspecified atom stereocenters. The predicted octanol–water partition coefficient (Wildman–Crippen LogP) is 1.86. The van der Waals surface area contributed by atoms with E-state index in [-0.39, 0.29) is 18.3 Å². The van der Waals surface area contributed by atoms with Crippen molar-refractivity contribution in [2.45, 2.75) is 0 Å². The number of rotatable bonds is 4. The first-order chi connectivity index (χ1) is 10.6. The molecule has 7 heteroatoms. The first kappa shape index (κ1) is 13.7. The molecule has 0 radical (unpaired) electrons. The monoisotopic (exact) mass is 301 g/mol. The van der Waals surface area contributed by atoms with Crippen LogP contribution in [0.1, 0.15) is 16.1 Å². The Hall–Kier alpha value is -3.22. The fourth-order valence-electron chi connectivity index (χ4n) is 1.91. The van der Waals surface area contributed by atoms with Crippen molar-refractivity contribution in [3.05, 3.63) is 53.6 Å². The average molecular weight is 301 g/mol. The Bertz CT molecular complexity index is 747. The van der Waals surface area contributed by atoms with Crippen LogP contribution >= 0.6 is 0 Å². The summed E-state index contributed by atoms with van der Waals surface area (Å²) in [5.41, 5.74) is 0.279. The summed E-state index contributed by atoms with van der Waals surface area (Å²) in [6.07, 6.45) is 2.65. The number of aliphatic carboxylic acids is 1. The summed E-state index contributed by atoms with van der Waals surface area (Å²) in [6.45, 7) is 0.128. The molecule has 1 amide bonds. The minimum atomic E-state index is -1.27. The van der Waals surface area contributed by atoms with Gasteiger partial charge in [-0.2, -0.15) is 0 Å². The lowest BCUT2D eigenvalue weighted by molar-refractivity contribution is -0.132. The average Bonchev–Trinajstić information content (AvgIpc) is 3.17. The molecule has 112 valence electrons. The fourth-order valence-corrected chi connectivity index (χ4v) is 1.91. The van der Waals surface area contributed by atoms with Gasteiger partial charge in [0.15, 0.2) is 17.3 Å². The number of ether oxygens (including phenoxy) is 2. The molecule has 2 aromatic rings. The molecule has 2 N–H and O–H groups in total. The summed E-state index contributed by atoms with van der Waals surface area (Å²) < 4.78 is 15.3. The van der Waals surface area contributed by atoms with Gasteiger partial charge in [0.2, 0.25) is 6.79 Å². The molecule has 0 fully saturated rings. The number of amides is 1. The molecular weight excluding hydrogens is 290 g/mol. The third-order valence-corrected chi connectivity index (χ3v) is 2.93. The quantitative estimate of drug-likeness (QED) is 0.836. The molecule has 7 nitrogen and oxygen atoms in total. The maximum Gasteiger partial charge on any atom is 0.352 e. The van der Waals surface area contributed by atoms with E-state index in [0.717, 1.165) is 0 Å². The van der Waals surface area contributed by atoms with Crippen LogP contribution in [0.25, 0.3) is 6.08 Å². The molecule has 0 aliphatic carbocycles. The van der Waals surface area contributed by atoms with Gasteiger partial charge in [-0.3, -0.25) is 4.79 Å². The van der Waals surface area contributed by atoms with Crippen molar-refractivity contribution in [2.75, 3.05) is 6.79 Å². The van der Waals surface area contributed by atoms with E-state index in [4.69, 9.17) is 13.9 Å². The van der Waals surface area contributed by atoms with Crippen LogP contribution in [-0.2, 0) is 4.79 Å². The molecule has 0 atom stereocenters.